The molecule has 3 atom stereocenters. The van der Waals surface area contributed by atoms with Crippen molar-refractivity contribution in [2.45, 2.75) is 38.6 Å². The molecular weight excluding hydrogens is 1400 g/mol. The molecule has 17 nitrogen and oxygen atoms in total. The number of nitrogens with zero attached hydrogens (tertiary/aromatic N) is 1. The summed E-state index contributed by atoms with van der Waals surface area (Å²) in [4.78, 5) is 82.3. The number of Topliss-reactive ketones (excluding diaryl/α,β-unsaturated/α-hetero) is 1. The number of carbonyl (C=O) groups is 6. The molecule has 2 aromatic carbocycles. The highest BCUT2D eigenvalue weighted by molar-refractivity contribution is 14.1. The van der Waals surface area contributed by atoms with E-state index in [9.17, 15) is 59.4 Å². The average Bonchev–Trinajstić information content (AvgIpc) is 3.12. The second kappa shape index (κ2) is 23.3. The number of aliphatic hydroxyl groups is 6. The summed E-state index contributed by atoms with van der Waals surface area (Å²) in [7, 11) is 0. The highest BCUT2D eigenvalue weighted by Crippen LogP contribution is 2.40. The molecule has 0 bridgehead atoms. The van der Waals surface area contributed by atoms with Crippen LogP contribution in [0.15, 0.2) is 0 Å². The van der Waals surface area contributed by atoms with Gasteiger partial charge in [0, 0.05) is 49.3 Å². The van der Waals surface area contributed by atoms with E-state index < -0.39 is 80.0 Å². The van der Waals surface area contributed by atoms with Crippen LogP contribution in [0.1, 0.15) is 61.7 Å². The molecule has 0 saturated heterocycles. The number of hydrogen-bond acceptors (Lipinski definition) is 12. The minimum atomic E-state index is -1.31. The van der Waals surface area contributed by atoms with Crippen molar-refractivity contribution < 1.29 is 59.4 Å². The van der Waals surface area contributed by atoms with Gasteiger partial charge in [-0.25, -0.2) is 0 Å². The van der Waals surface area contributed by atoms with Gasteiger partial charge in [0.2, 0.25) is 11.8 Å². The lowest BCUT2D eigenvalue weighted by Gasteiger charge is -2.28. The second-order valence-corrected chi connectivity index (χ2v) is 17.7. The second-order valence-electron chi connectivity index (χ2n) is 11.2. The van der Waals surface area contributed by atoms with Gasteiger partial charge in [-0.3, -0.25) is 28.8 Å². The number of carbonyl (C=O) groups excluding carboxylic acids is 6. The first-order valence-electron chi connectivity index (χ1n) is 15.5. The zero-order chi connectivity index (χ0) is 41.2. The van der Waals surface area contributed by atoms with Gasteiger partial charge in [0.25, 0.3) is 17.7 Å². The third-order valence-corrected chi connectivity index (χ3v) is 13.6. The van der Waals surface area contributed by atoms with E-state index in [0.717, 1.165) is 4.90 Å². The summed E-state index contributed by atoms with van der Waals surface area (Å²) in [5.41, 5.74) is -0.104. The Morgan fingerprint density at radius 3 is 1.30 bits per heavy atom. The number of rotatable bonds is 18. The van der Waals surface area contributed by atoms with Crippen LogP contribution >= 0.6 is 136 Å². The van der Waals surface area contributed by atoms with Crippen molar-refractivity contribution in [3.05, 3.63) is 43.7 Å². The summed E-state index contributed by atoms with van der Waals surface area (Å²) in [5.74, 6) is -4.08. The quantitative estimate of drug-likeness (QED) is 0.0744. The molecule has 0 fully saturated rings. The van der Waals surface area contributed by atoms with Crippen LogP contribution in [0.5, 0.6) is 0 Å². The Kier molecular flexibility index (Phi) is 21.4. The average molecular weight is 1430 g/mol. The van der Waals surface area contributed by atoms with Gasteiger partial charge in [-0.2, -0.15) is 0 Å². The number of aliphatic hydroxyl groups excluding tert-OH is 6. The Labute approximate surface area is 391 Å². The first-order chi connectivity index (χ1) is 25.3. The number of benzene rings is 2. The highest BCUT2D eigenvalue weighted by atomic mass is 127. The SMILES string of the molecule is CCC(=O)N(CC(=O)c1c(I)c(NC(C)=O)c(I)c(C(=O)NCC(O)CO)c1I)c1c(I)c(C(=O)NCC(O)CO)c(I)c(C(=O)NCC(O)CO)c1I. The van der Waals surface area contributed by atoms with Crippen molar-refractivity contribution in [2.24, 2.45) is 0 Å². The van der Waals surface area contributed by atoms with Crippen molar-refractivity contribution in [3.63, 3.8) is 0 Å². The maximum atomic E-state index is 14.5. The summed E-state index contributed by atoms with van der Waals surface area (Å²) in [6, 6.07) is 0. The molecule has 10 N–H and O–H groups in total. The van der Waals surface area contributed by atoms with Gasteiger partial charge in [0.1, 0.15) is 0 Å². The molecule has 0 heterocycles. The summed E-state index contributed by atoms with van der Waals surface area (Å²) < 4.78 is 1.08. The number of hydrogen-bond donors (Lipinski definition) is 10. The lowest BCUT2D eigenvalue weighted by molar-refractivity contribution is -0.118. The normalized spacial score (nSPS) is 12.7. The fourth-order valence-corrected chi connectivity index (χ4v) is 13.7. The number of halogens is 6. The van der Waals surface area contributed by atoms with E-state index in [4.69, 9.17) is 0 Å². The van der Waals surface area contributed by atoms with Crippen molar-refractivity contribution in [2.75, 3.05) is 56.2 Å². The molecule has 0 radical (unpaired) electrons. The summed E-state index contributed by atoms with van der Waals surface area (Å²) in [5, 5.41) is 67.5. The van der Waals surface area contributed by atoms with Gasteiger partial charge < -0.3 is 56.8 Å². The third-order valence-electron chi connectivity index (χ3n) is 7.17. The van der Waals surface area contributed by atoms with Gasteiger partial charge in [0.15, 0.2) is 5.78 Å². The van der Waals surface area contributed by atoms with E-state index in [-0.39, 0.29) is 81.1 Å². The van der Waals surface area contributed by atoms with Gasteiger partial charge in [-0.15, -0.1) is 0 Å². The van der Waals surface area contributed by atoms with E-state index in [2.05, 4.69) is 21.3 Å². The van der Waals surface area contributed by atoms with E-state index in [1.54, 1.807) is 45.2 Å². The van der Waals surface area contributed by atoms with Crippen molar-refractivity contribution in [1.82, 2.24) is 16.0 Å². The number of amides is 5. The zero-order valence-electron chi connectivity index (χ0n) is 28.2. The van der Waals surface area contributed by atoms with Crippen LogP contribution in [0.25, 0.3) is 0 Å². The molecule has 2 aromatic rings. The third kappa shape index (κ3) is 12.6. The van der Waals surface area contributed by atoms with Crippen LogP contribution in [0.4, 0.5) is 11.4 Å². The summed E-state index contributed by atoms with van der Waals surface area (Å²) >= 11 is 10.9. The number of anilines is 2. The summed E-state index contributed by atoms with van der Waals surface area (Å²) in [6.07, 6.45) is -4.02. The van der Waals surface area contributed by atoms with E-state index >= 15 is 0 Å². The molecule has 0 aliphatic heterocycles. The number of ketones is 1. The van der Waals surface area contributed by atoms with Crippen LogP contribution in [-0.4, -0.2) is 130 Å². The highest BCUT2D eigenvalue weighted by Gasteiger charge is 2.35. The largest absolute Gasteiger partial charge is 0.394 e. The number of nitrogens with one attached hydrogen (secondary N) is 4. The van der Waals surface area contributed by atoms with E-state index in [0.29, 0.717) is 0 Å². The molecule has 298 valence electrons. The first-order valence-corrected chi connectivity index (χ1v) is 22.0. The molecular formula is C31H35I6N5O12. The smallest absolute Gasteiger partial charge is 0.253 e. The van der Waals surface area contributed by atoms with Gasteiger partial charge in [-0.1, -0.05) is 6.92 Å². The fraction of sp³-hybridized carbons (Fsp3) is 0.419. The van der Waals surface area contributed by atoms with E-state index in [1.807, 2.05) is 90.4 Å². The molecule has 3 unspecified atom stereocenters. The maximum absolute atomic E-state index is 14.5. The minimum absolute atomic E-state index is 0.00565. The van der Waals surface area contributed by atoms with E-state index in [1.165, 1.54) is 13.8 Å². The Hall–Kier alpha value is -0.400. The monoisotopic (exact) mass is 1430 g/mol. The molecule has 5 amide bonds. The van der Waals surface area contributed by atoms with Crippen molar-refractivity contribution in [3.8, 4) is 0 Å². The Balaban J connectivity index is 2.93. The molecule has 54 heavy (non-hydrogen) atoms. The standard InChI is InChI=1S/C31H35I6N5O12/c1-3-16(51)42(7-15(50)17-21(32)18(29(52)38-4-12(47)8-43)24(35)27(23(17)34)41-11(2)46)28-25(36)19(30(53)39-5-13(48)9-44)22(33)20(26(28)37)31(54)40-6-14(49)10-45/h12-14,43-45,47-49H,3-10H2,1-2H3,(H,38,52)(H,39,53)(H,40,54)(H,41,46). The van der Waals surface area contributed by atoms with Gasteiger partial charge in [-0.05, 0) is 136 Å². The van der Waals surface area contributed by atoms with Crippen LogP contribution < -0.4 is 26.2 Å². The molecule has 0 saturated carbocycles. The van der Waals surface area contributed by atoms with Crippen LogP contribution in [0, 0.1) is 21.4 Å². The van der Waals surface area contributed by atoms with Crippen LogP contribution in [0.2, 0.25) is 0 Å². The lowest BCUT2D eigenvalue weighted by atomic mass is 10.0. The summed E-state index contributed by atoms with van der Waals surface area (Å²) in [6.45, 7) is -0.872. The Morgan fingerprint density at radius 2 is 0.944 bits per heavy atom. The first kappa shape index (κ1) is 49.7. The molecule has 0 aromatic heterocycles. The fourth-order valence-electron chi connectivity index (χ4n) is 4.48. The lowest BCUT2D eigenvalue weighted by Crippen LogP contribution is -2.40. The molecule has 0 aliphatic carbocycles. The molecule has 0 aliphatic rings. The molecule has 2 rings (SSSR count). The maximum Gasteiger partial charge on any atom is 0.253 e. The van der Waals surface area contributed by atoms with Gasteiger partial charge in [0.05, 0.1) is 83.5 Å². The topological polar surface area (TPSA) is 275 Å². The Bertz CT molecular complexity index is 1750. The zero-order valence-corrected chi connectivity index (χ0v) is 41.2. The predicted molar refractivity (Wildman–Crippen MR) is 247 cm³/mol. The van der Waals surface area contributed by atoms with Crippen molar-refractivity contribution >= 4 is 182 Å². The molecule has 23 heteroatoms. The predicted octanol–water partition coefficient (Wildman–Crippen LogP) is 1.15. The van der Waals surface area contributed by atoms with Crippen LogP contribution in [0.3, 0.4) is 0 Å². The van der Waals surface area contributed by atoms with Gasteiger partial charge >= 0.3 is 0 Å². The van der Waals surface area contributed by atoms with Crippen LogP contribution in [-0.2, 0) is 9.59 Å². The molecule has 0 spiro atoms. The minimum Gasteiger partial charge on any atom is -0.394 e. The Morgan fingerprint density at radius 1 is 0.593 bits per heavy atom. The van der Waals surface area contributed by atoms with Crippen molar-refractivity contribution in [1.29, 1.82) is 0 Å².